The maximum atomic E-state index is 12.6. The third-order valence-electron chi connectivity index (χ3n) is 5.01. The number of para-hydroxylation sites is 2. The zero-order valence-electron chi connectivity index (χ0n) is 17.9. The first-order valence-electron chi connectivity index (χ1n) is 10.3. The van der Waals surface area contributed by atoms with Gasteiger partial charge in [0.05, 0.1) is 12.8 Å². The van der Waals surface area contributed by atoms with Crippen LogP contribution in [0.3, 0.4) is 0 Å². The first-order chi connectivity index (χ1) is 14.5. The highest BCUT2D eigenvalue weighted by Crippen LogP contribution is 2.28. The fourth-order valence-corrected chi connectivity index (χ4v) is 3.46. The van der Waals surface area contributed by atoms with Crippen LogP contribution in [-0.2, 0) is 4.79 Å². The van der Waals surface area contributed by atoms with Crippen molar-refractivity contribution in [3.8, 4) is 5.75 Å². The van der Waals surface area contributed by atoms with Crippen LogP contribution in [0.4, 0.5) is 21.9 Å². The summed E-state index contributed by atoms with van der Waals surface area (Å²) >= 11 is 0. The summed E-state index contributed by atoms with van der Waals surface area (Å²) in [5.41, 5.74) is 2.48. The molecule has 0 atom stereocenters. The molecule has 7 nitrogen and oxygen atoms in total. The number of rotatable bonds is 6. The summed E-state index contributed by atoms with van der Waals surface area (Å²) in [4.78, 5) is 28.5. The van der Waals surface area contributed by atoms with Gasteiger partial charge in [0, 0.05) is 44.0 Å². The molecule has 0 aromatic heterocycles. The predicted molar refractivity (Wildman–Crippen MR) is 120 cm³/mol. The zero-order chi connectivity index (χ0) is 21.5. The number of hydrogen-bond acceptors (Lipinski definition) is 4. The van der Waals surface area contributed by atoms with E-state index in [0.717, 1.165) is 30.2 Å². The fraction of sp³-hybridized carbons (Fsp3) is 0.391. The summed E-state index contributed by atoms with van der Waals surface area (Å²) in [6.07, 6.45) is 0.485. The molecule has 0 saturated carbocycles. The Labute approximate surface area is 178 Å². The molecule has 1 saturated heterocycles. The van der Waals surface area contributed by atoms with E-state index in [0.29, 0.717) is 31.1 Å². The van der Waals surface area contributed by atoms with Gasteiger partial charge in [0.25, 0.3) is 0 Å². The SMILES string of the molecule is COc1ccccc1N1CCN(C(=O)Nc2ccc(NC(=O)CC(C)C)cc2)CC1. The predicted octanol–water partition coefficient (Wildman–Crippen LogP) is 4.03. The van der Waals surface area contributed by atoms with E-state index >= 15 is 0 Å². The highest BCUT2D eigenvalue weighted by molar-refractivity contribution is 5.92. The Morgan fingerprint density at radius 2 is 1.53 bits per heavy atom. The van der Waals surface area contributed by atoms with Crippen molar-refractivity contribution in [3.63, 3.8) is 0 Å². The number of anilines is 3. The molecule has 0 aliphatic carbocycles. The number of amides is 3. The van der Waals surface area contributed by atoms with Crippen LogP contribution in [0.15, 0.2) is 48.5 Å². The van der Waals surface area contributed by atoms with Crippen LogP contribution in [0.25, 0.3) is 0 Å². The van der Waals surface area contributed by atoms with Gasteiger partial charge in [-0.15, -0.1) is 0 Å². The minimum absolute atomic E-state index is 0.00490. The number of urea groups is 1. The Hall–Kier alpha value is -3.22. The van der Waals surface area contributed by atoms with Crippen LogP contribution < -0.4 is 20.3 Å². The molecular weight excluding hydrogens is 380 g/mol. The van der Waals surface area contributed by atoms with Crippen LogP contribution in [0.1, 0.15) is 20.3 Å². The summed E-state index contributed by atoms with van der Waals surface area (Å²) in [6.45, 7) is 6.77. The first kappa shape index (κ1) is 21.5. The van der Waals surface area contributed by atoms with Gasteiger partial charge in [-0.2, -0.15) is 0 Å². The number of hydrogen-bond donors (Lipinski definition) is 2. The molecule has 1 aliphatic rings. The van der Waals surface area contributed by atoms with Crippen molar-refractivity contribution in [1.29, 1.82) is 0 Å². The van der Waals surface area contributed by atoms with E-state index in [9.17, 15) is 9.59 Å². The molecule has 0 unspecified atom stereocenters. The van der Waals surface area contributed by atoms with Gasteiger partial charge >= 0.3 is 6.03 Å². The molecular formula is C23H30N4O3. The lowest BCUT2D eigenvalue weighted by atomic mass is 10.1. The minimum atomic E-state index is -0.119. The molecule has 30 heavy (non-hydrogen) atoms. The fourth-order valence-electron chi connectivity index (χ4n) is 3.46. The number of nitrogens with zero attached hydrogens (tertiary/aromatic N) is 2. The molecule has 0 spiro atoms. The highest BCUT2D eigenvalue weighted by Gasteiger charge is 2.22. The molecule has 3 rings (SSSR count). The second-order valence-corrected chi connectivity index (χ2v) is 7.80. The third kappa shape index (κ3) is 5.65. The molecule has 1 heterocycles. The Balaban J connectivity index is 1.50. The average Bonchev–Trinajstić information content (AvgIpc) is 2.74. The van der Waals surface area contributed by atoms with Crippen molar-refractivity contribution in [1.82, 2.24) is 4.90 Å². The number of benzene rings is 2. The van der Waals surface area contributed by atoms with Gasteiger partial charge < -0.3 is 25.2 Å². The Morgan fingerprint density at radius 1 is 0.933 bits per heavy atom. The standard InChI is InChI=1S/C23H30N4O3/c1-17(2)16-22(28)24-18-8-10-19(11-9-18)25-23(29)27-14-12-26(13-15-27)20-6-4-5-7-21(20)30-3/h4-11,17H,12-16H2,1-3H3,(H,24,28)(H,25,29). The van der Waals surface area contributed by atoms with E-state index in [4.69, 9.17) is 4.74 Å². The number of methoxy groups -OCH3 is 1. The van der Waals surface area contributed by atoms with Crippen LogP contribution >= 0.6 is 0 Å². The molecule has 2 N–H and O–H groups in total. The van der Waals surface area contributed by atoms with Gasteiger partial charge in [0.2, 0.25) is 5.91 Å². The molecule has 7 heteroatoms. The summed E-state index contributed by atoms with van der Waals surface area (Å²) in [5.74, 6) is 1.15. The molecule has 0 radical (unpaired) electrons. The van der Waals surface area contributed by atoms with Gasteiger partial charge in [-0.1, -0.05) is 26.0 Å². The van der Waals surface area contributed by atoms with Crippen molar-refractivity contribution in [2.24, 2.45) is 5.92 Å². The van der Waals surface area contributed by atoms with Crippen LogP contribution in [0, 0.1) is 5.92 Å². The second-order valence-electron chi connectivity index (χ2n) is 7.80. The maximum Gasteiger partial charge on any atom is 0.321 e. The molecule has 2 aromatic carbocycles. The third-order valence-corrected chi connectivity index (χ3v) is 5.01. The highest BCUT2D eigenvalue weighted by atomic mass is 16.5. The van der Waals surface area contributed by atoms with E-state index < -0.39 is 0 Å². The van der Waals surface area contributed by atoms with Crippen molar-refractivity contribution in [2.75, 3.05) is 48.8 Å². The van der Waals surface area contributed by atoms with E-state index in [-0.39, 0.29) is 11.9 Å². The minimum Gasteiger partial charge on any atom is -0.495 e. The summed E-state index contributed by atoms with van der Waals surface area (Å²) in [6, 6.07) is 15.0. The number of ether oxygens (including phenoxy) is 1. The monoisotopic (exact) mass is 410 g/mol. The molecule has 1 aliphatic heterocycles. The number of carbonyl (C=O) groups is 2. The van der Waals surface area contributed by atoms with Crippen molar-refractivity contribution >= 4 is 29.0 Å². The van der Waals surface area contributed by atoms with E-state index in [2.05, 4.69) is 15.5 Å². The molecule has 3 amide bonds. The first-order valence-corrected chi connectivity index (χ1v) is 10.3. The number of carbonyl (C=O) groups excluding carboxylic acids is 2. The Morgan fingerprint density at radius 3 is 2.13 bits per heavy atom. The largest absolute Gasteiger partial charge is 0.495 e. The lowest BCUT2D eigenvalue weighted by molar-refractivity contribution is -0.116. The van der Waals surface area contributed by atoms with Gasteiger partial charge in [-0.05, 0) is 42.3 Å². The summed E-state index contributed by atoms with van der Waals surface area (Å²) < 4.78 is 5.44. The van der Waals surface area contributed by atoms with Crippen LogP contribution in [0.2, 0.25) is 0 Å². The normalized spacial score (nSPS) is 13.9. The topological polar surface area (TPSA) is 73.9 Å². The van der Waals surface area contributed by atoms with Crippen molar-refractivity contribution in [2.45, 2.75) is 20.3 Å². The van der Waals surface area contributed by atoms with Crippen LogP contribution in [0.5, 0.6) is 5.75 Å². The van der Waals surface area contributed by atoms with Crippen LogP contribution in [-0.4, -0.2) is 50.1 Å². The Bertz CT molecular complexity index is 859. The quantitative estimate of drug-likeness (QED) is 0.754. The molecule has 160 valence electrons. The molecule has 2 aromatic rings. The second kappa shape index (κ2) is 10.0. The van der Waals surface area contributed by atoms with Gasteiger partial charge in [-0.25, -0.2) is 4.79 Å². The van der Waals surface area contributed by atoms with E-state index in [1.54, 1.807) is 31.4 Å². The van der Waals surface area contributed by atoms with Crippen molar-refractivity contribution < 1.29 is 14.3 Å². The Kier molecular flexibility index (Phi) is 7.17. The lowest BCUT2D eigenvalue weighted by Gasteiger charge is -2.36. The summed E-state index contributed by atoms with van der Waals surface area (Å²) in [7, 11) is 1.67. The molecule has 0 bridgehead atoms. The van der Waals surface area contributed by atoms with Gasteiger partial charge in [0.15, 0.2) is 0 Å². The van der Waals surface area contributed by atoms with Gasteiger partial charge in [-0.3, -0.25) is 4.79 Å². The van der Waals surface area contributed by atoms with E-state index in [1.807, 2.05) is 43.0 Å². The van der Waals surface area contributed by atoms with Crippen molar-refractivity contribution in [3.05, 3.63) is 48.5 Å². The molecule has 1 fully saturated rings. The number of nitrogens with one attached hydrogen (secondary N) is 2. The van der Waals surface area contributed by atoms with E-state index in [1.165, 1.54) is 0 Å². The zero-order valence-corrected chi connectivity index (χ0v) is 17.9. The lowest BCUT2D eigenvalue weighted by Crippen LogP contribution is -2.50. The van der Waals surface area contributed by atoms with Gasteiger partial charge in [0.1, 0.15) is 5.75 Å². The average molecular weight is 411 g/mol. The summed E-state index contributed by atoms with van der Waals surface area (Å²) in [5, 5.41) is 5.80. The maximum absolute atomic E-state index is 12.6. The number of piperazine rings is 1. The smallest absolute Gasteiger partial charge is 0.321 e.